The first-order valence-electron chi connectivity index (χ1n) is 7.29. The Bertz CT molecular complexity index is 775. The maximum atomic E-state index is 6.49. The van der Waals surface area contributed by atoms with E-state index in [0.29, 0.717) is 6.10 Å². The predicted octanol–water partition coefficient (Wildman–Crippen LogP) is 4.49. The second-order valence-corrected chi connectivity index (χ2v) is 6.47. The van der Waals surface area contributed by atoms with Crippen LogP contribution in [-0.4, -0.2) is 6.10 Å². The highest BCUT2D eigenvalue weighted by Crippen LogP contribution is 2.34. The molecule has 1 unspecified atom stereocenters. The molecule has 0 bridgehead atoms. The summed E-state index contributed by atoms with van der Waals surface area (Å²) in [5.74, 6) is 0.935. The van der Waals surface area contributed by atoms with Crippen LogP contribution < -0.4 is 10.5 Å². The molecule has 3 aromatic rings. The van der Waals surface area contributed by atoms with Crippen LogP contribution in [0, 0.1) is 0 Å². The summed E-state index contributed by atoms with van der Waals surface area (Å²) in [5, 5.41) is 3.42. The molecule has 1 aliphatic carbocycles. The van der Waals surface area contributed by atoms with Gasteiger partial charge < -0.3 is 10.5 Å². The van der Waals surface area contributed by atoms with Gasteiger partial charge in [0.2, 0.25) is 0 Å². The summed E-state index contributed by atoms with van der Waals surface area (Å²) in [7, 11) is 0. The van der Waals surface area contributed by atoms with Gasteiger partial charge >= 0.3 is 0 Å². The van der Waals surface area contributed by atoms with Crippen LogP contribution in [0.1, 0.15) is 30.0 Å². The Balaban J connectivity index is 1.68. The zero-order valence-electron chi connectivity index (χ0n) is 11.7. The molecule has 0 saturated heterocycles. The molecule has 1 fully saturated rings. The number of hydrogen-bond donors (Lipinski definition) is 1. The van der Waals surface area contributed by atoms with Crippen LogP contribution in [0.4, 0.5) is 0 Å². The van der Waals surface area contributed by atoms with Crippen LogP contribution in [0.3, 0.4) is 0 Å². The van der Waals surface area contributed by atoms with E-state index in [0.717, 1.165) is 11.3 Å². The summed E-state index contributed by atoms with van der Waals surface area (Å²) in [4.78, 5) is 0. The van der Waals surface area contributed by atoms with Crippen molar-refractivity contribution in [1.82, 2.24) is 0 Å². The van der Waals surface area contributed by atoms with E-state index in [2.05, 4.69) is 41.8 Å². The van der Waals surface area contributed by atoms with Gasteiger partial charge in [-0.2, -0.15) is 0 Å². The van der Waals surface area contributed by atoms with Gasteiger partial charge in [0.25, 0.3) is 0 Å². The van der Waals surface area contributed by atoms with Crippen LogP contribution in [0.15, 0.2) is 53.9 Å². The van der Waals surface area contributed by atoms with E-state index in [4.69, 9.17) is 10.5 Å². The largest absolute Gasteiger partial charge is 0.490 e. The highest BCUT2D eigenvalue weighted by molar-refractivity contribution is 7.17. The number of ether oxygens (including phenoxy) is 1. The highest BCUT2D eigenvalue weighted by Gasteiger charge is 2.23. The lowest BCUT2D eigenvalue weighted by molar-refractivity contribution is 0.303. The Morgan fingerprint density at radius 2 is 1.95 bits per heavy atom. The maximum absolute atomic E-state index is 6.49. The molecule has 2 aromatic carbocycles. The van der Waals surface area contributed by atoms with Gasteiger partial charge in [0.05, 0.1) is 12.1 Å². The van der Waals surface area contributed by atoms with Crippen molar-refractivity contribution in [2.24, 2.45) is 5.73 Å². The molecule has 1 heterocycles. The molecule has 0 aliphatic heterocycles. The summed E-state index contributed by atoms with van der Waals surface area (Å²) in [5.41, 5.74) is 8.80. The molecule has 3 heteroatoms. The zero-order chi connectivity index (χ0) is 14.2. The second kappa shape index (κ2) is 5.17. The van der Waals surface area contributed by atoms with Gasteiger partial charge in [-0.3, -0.25) is 0 Å². The van der Waals surface area contributed by atoms with Crippen LogP contribution >= 0.6 is 11.3 Å². The van der Waals surface area contributed by atoms with E-state index in [-0.39, 0.29) is 6.04 Å². The summed E-state index contributed by atoms with van der Waals surface area (Å²) in [6.45, 7) is 0. The molecule has 1 aromatic heterocycles. The third kappa shape index (κ3) is 2.55. The highest BCUT2D eigenvalue weighted by atomic mass is 32.1. The Hall–Kier alpha value is -1.84. The lowest BCUT2D eigenvalue weighted by Gasteiger charge is -2.13. The third-order valence-corrected chi connectivity index (χ3v) is 4.87. The zero-order valence-corrected chi connectivity index (χ0v) is 12.5. The molecule has 106 valence electrons. The first kappa shape index (κ1) is 12.9. The van der Waals surface area contributed by atoms with Crippen molar-refractivity contribution in [3.8, 4) is 5.75 Å². The maximum Gasteiger partial charge on any atom is 0.120 e. The lowest BCUT2D eigenvalue weighted by Crippen LogP contribution is -2.11. The fourth-order valence-corrected chi connectivity index (χ4v) is 3.58. The Labute approximate surface area is 128 Å². The minimum Gasteiger partial charge on any atom is -0.490 e. The fraction of sp³-hybridized carbons (Fsp3) is 0.222. The molecule has 4 rings (SSSR count). The van der Waals surface area contributed by atoms with E-state index >= 15 is 0 Å². The number of hydrogen-bond acceptors (Lipinski definition) is 3. The van der Waals surface area contributed by atoms with Gasteiger partial charge in [-0.05, 0) is 52.9 Å². The Kier molecular flexibility index (Phi) is 3.17. The number of nitrogens with two attached hydrogens (primary N) is 1. The Morgan fingerprint density at radius 3 is 2.81 bits per heavy atom. The van der Waals surface area contributed by atoms with Gasteiger partial charge in [-0.15, -0.1) is 11.3 Å². The van der Waals surface area contributed by atoms with E-state index in [1.54, 1.807) is 11.3 Å². The number of benzene rings is 2. The number of rotatable bonds is 4. The first-order valence-corrected chi connectivity index (χ1v) is 8.17. The van der Waals surface area contributed by atoms with Gasteiger partial charge in [-0.25, -0.2) is 0 Å². The first-order chi connectivity index (χ1) is 10.3. The smallest absolute Gasteiger partial charge is 0.120 e. The molecule has 1 saturated carbocycles. The van der Waals surface area contributed by atoms with Crippen LogP contribution in [0.25, 0.3) is 10.1 Å². The molecule has 2 N–H and O–H groups in total. The Morgan fingerprint density at radius 1 is 1.10 bits per heavy atom. The molecule has 1 atom stereocenters. The normalized spacial score (nSPS) is 16.0. The van der Waals surface area contributed by atoms with Crippen molar-refractivity contribution in [1.29, 1.82) is 0 Å². The average molecular weight is 295 g/mol. The van der Waals surface area contributed by atoms with Crippen molar-refractivity contribution in [2.45, 2.75) is 25.0 Å². The lowest BCUT2D eigenvalue weighted by atomic mass is 9.99. The summed E-state index contributed by atoms with van der Waals surface area (Å²) >= 11 is 1.75. The van der Waals surface area contributed by atoms with Gasteiger partial charge in [-0.1, -0.05) is 30.3 Å². The van der Waals surface area contributed by atoms with Gasteiger partial charge in [0, 0.05) is 4.70 Å². The predicted molar refractivity (Wildman–Crippen MR) is 87.9 cm³/mol. The van der Waals surface area contributed by atoms with Crippen molar-refractivity contribution in [2.75, 3.05) is 0 Å². The van der Waals surface area contributed by atoms with Crippen molar-refractivity contribution in [3.63, 3.8) is 0 Å². The van der Waals surface area contributed by atoms with Gasteiger partial charge in [0.1, 0.15) is 5.75 Å². The SMILES string of the molecule is NC(c1cccc(OC2CC2)c1)c1csc2ccccc12. The monoisotopic (exact) mass is 295 g/mol. The van der Waals surface area contributed by atoms with Crippen molar-refractivity contribution >= 4 is 21.4 Å². The van der Waals surface area contributed by atoms with Crippen LogP contribution in [-0.2, 0) is 0 Å². The minimum absolute atomic E-state index is 0.107. The molecule has 1 aliphatic rings. The molecule has 0 spiro atoms. The second-order valence-electron chi connectivity index (χ2n) is 5.55. The minimum atomic E-state index is -0.107. The van der Waals surface area contributed by atoms with Crippen LogP contribution in [0.5, 0.6) is 5.75 Å². The van der Waals surface area contributed by atoms with E-state index in [1.807, 2.05) is 12.1 Å². The van der Waals surface area contributed by atoms with Crippen molar-refractivity contribution < 1.29 is 4.74 Å². The number of thiophene rings is 1. The number of fused-ring (bicyclic) bond motifs is 1. The molecule has 2 nitrogen and oxygen atoms in total. The van der Waals surface area contributed by atoms with Crippen molar-refractivity contribution in [3.05, 3.63) is 65.0 Å². The average Bonchev–Trinajstić information content (AvgIpc) is 3.23. The molecular formula is C18H17NOS. The molecular weight excluding hydrogens is 278 g/mol. The topological polar surface area (TPSA) is 35.2 Å². The third-order valence-electron chi connectivity index (χ3n) is 3.89. The fourth-order valence-electron chi connectivity index (χ4n) is 2.58. The molecule has 0 radical (unpaired) electrons. The quantitative estimate of drug-likeness (QED) is 0.769. The van der Waals surface area contributed by atoms with Gasteiger partial charge in [0.15, 0.2) is 0 Å². The van der Waals surface area contributed by atoms with E-state index < -0.39 is 0 Å². The van der Waals surface area contributed by atoms with E-state index in [1.165, 1.54) is 28.5 Å². The van der Waals surface area contributed by atoms with E-state index in [9.17, 15) is 0 Å². The van der Waals surface area contributed by atoms with Crippen LogP contribution in [0.2, 0.25) is 0 Å². The standard InChI is InChI=1S/C18H17NOS/c19-18(16-11-21-17-7-2-1-6-15(16)17)12-4-3-5-14(10-12)20-13-8-9-13/h1-7,10-11,13,18H,8-9,19H2. The summed E-state index contributed by atoms with van der Waals surface area (Å²) in [6.07, 6.45) is 2.76. The molecule has 0 amide bonds. The summed E-state index contributed by atoms with van der Waals surface area (Å²) in [6, 6.07) is 16.5. The molecule has 21 heavy (non-hydrogen) atoms. The summed E-state index contributed by atoms with van der Waals surface area (Å²) < 4.78 is 7.15.